The smallest absolute Gasteiger partial charge is 0.00436 e. The molecule has 0 bridgehead atoms. The van der Waals surface area contributed by atoms with Gasteiger partial charge in [0.25, 0.3) is 0 Å². The molecule has 2 aliphatic rings. The lowest BCUT2D eigenvalue weighted by Gasteiger charge is -2.34. The van der Waals surface area contributed by atoms with Crippen molar-refractivity contribution >= 4 is 0 Å². The van der Waals surface area contributed by atoms with Crippen molar-refractivity contribution < 1.29 is 0 Å². The molecule has 1 aliphatic carbocycles. The van der Waals surface area contributed by atoms with E-state index < -0.39 is 0 Å². The molecule has 0 saturated carbocycles. The highest BCUT2D eigenvalue weighted by atomic mass is 14.9. The normalized spacial score (nSPS) is 25.9. The third kappa shape index (κ3) is 2.48. The van der Waals surface area contributed by atoms with Crippen LogP contribution in [0.2, 0.25) is 0 Å². The van der Waals surface area contributed by atoms with Crippen LogP contribution in [0.5, 0.6) is 0 Å². The highest BCUT2D eigenvalue weighted by Crippen LogP contribution is 2.36. The summed E-state index contributed by atoms with van der Waals surface area (Å²) in [6, 6.07) is 0. The minimum absolute atomic E-state index is 0.554. The van der Waals surface area contributed by atoms with E-state index in [1.165, 1.54) is 45.2 Å². The van der Waals surface area contributed by atoms with Crippen molar-refractivity contribution in [3.05, 3.63) is 23.8 Å². The number of nitrogens with one attached hydrogen (secondary N) is 1. The molecule has 0 aromatic rings. The van der Waals surface area contributed by atoms with Crippen molar-refractivity contribution in [1.29, 1.82) is 0 Å². The Morgan fingerprint density at radius 3 is 2.71 bits per heavy atom. The van der Waals surface area contributed by atoms with E-state index in [9.17, 15) is 0 Å². The Morgan fingerprint density at radius 1 is 1.29 bits per heavy atom. The molecule has 1 heteroatoms. The molecule has 1 aliphatic heterocycles. The van der Waals surface area contributed by atoms with Gasteiger partial charge in [-0.2, -0.15) is 0 Å². The number of hydrogen-bond acceptors (Lipinski definition) is 1. The van der Waals surface area contributed by atoms with Crippen LogP contribution in [0.1, 0.15) is 39.0 Å². The molecular formula is C13H21N. The van der Waals surface area contributed by atoms with Crippen molar-refractivity contribution in [3.8, 4) is 0 Å². The summed E-state index contributed by atoms with van der Waals surface area (Å²) in [5.41, 5.74) is 2.12. The summed E-state index contributed by atoms with van der Waals surface area (Å²) in [5.74, 6) is 0. The van der Waals surface area contributed by atoms with Gasteiger partial charge in [0.2, 0.25) is 0 Å². The molecule has 2 rings (SSSR count). The molecule has 1 fully saturated rings. The third-order valence-corrected chi connectivity index (χ3v) is 3.51. The largest absolute Gasteiger partial charge is 0.317 e. The maximum atomic E-state index is 3.44. The van der Waals surface area contributed by atoms with Crippen LogP contribution in [-0.4, -0.2) is 13.1 Å². The van der Waals surface area contributed by atoms with Crippen LogP contribution in [0, 0.1) is 5.41 Å². The zero-order valence-corrected chi connectivity index (χ0v) is 9.18. The summed E-state index contributed by atoms with van der Waals surface area (Å²) in [7, 11) is 0. The van der Waals surface area contributed by atoms with Crippen molar-refractivity contribution in [2.24, 2.45) is 5.41 Å². The number of rotatable bonds is 2. The van der Waals surface area contributed by atoms with Gasteiger partial charge in [0.05, 0.1) is 0 Å². The molecular weight excluding hydrogens is 170 g/mol. The van der Waals surface area contributed by atoms with Gasteiger partial charge in [0.1, 0.15) is 0 Å². The summed E-state index contributed by atoms with van der Waals surface area (Å²) in [5, 5.41) is 3.44. The molecule has 0 spiro atoms. The molecule has 1 N–H and O–H groups in total. The first-order chi connectivity index (χ1) is 6.79. The van der Waals surface area contributed by atoms with Crippen molar-refractivity contribution in [2.75, 3.05) is 13.1 Å². The predicted octanol–water partition coefficient (Wildman–Crippen LogP) is 3.04. The highest BCUT2D eigenvalue weighted by molar-refractivity contribution is 5.23. The molecule has 0 aromatic heterocycles. The molecule has 14 heavy (non-hydrogen) atoms. The molecule has 1 nitrogen and oxygen atoms in total. The van der Waals surface area contributed by atoms with Gasteiger partial charge in [0, 0.05) is 0 Å². The predicted molar refractivity (Wildman–Crippen MR) is 61.3 cm³/mol. The van der Waals surface area contributed by atoms with Gasteiger partial charge in [-0.05, 0) is 50.6 Å². The lowest BCUT2D eigenvalue weighted by molar-refractivity contribution is 0.229. The van der Waals surface area contributed by atoms with E-state index >= 15 is 0 Å². The molecule has 1 saturated heterocycles. The summed E-state index contributed by atoms with van der Waals surface area (Å²) >= 11 is 0. The molecule has 0 atom stereocenters. The maximum Gasteiger partial charge on any atom is -0.00436 e. The Hall–Kier alpha value is -0.560. The second kappa shape index (κ2) is 4.31. The van der Waals surface area contributed by atoms with Crippen LogP contribution < -0.4 is 5.32 Å². The number of hydrogen-bond donors (Lipinski definition) is 1. The van der Waals surface area contributed by atoms with E-state index in [-0.39, 0.29) is 0 Å². The highest BCUT2D eigenvalue weighted by Gasteiger charge is 2.27. The fourth-order valence-electron chi connectivity index (χ4n) is 2.50. The quantitative estimate of drug-likeness (QED) is 0.707. The van der Waals surface area contributed by atoms with E-state index in [0.29, 0.717) is 5.41 Å². The van der Waals surface area contributed by atoms with Gasteiger partial charge in [-0.3, -0.25) is 0 Å². The summed E-state index contributed by atoms with van der Waals surface area (Å²) in [6.45, 7) is 4.85. The van der Waals surface area contributed by atoms with E-state index in [0.717, 1.165) is 0 Å². The second-order valence-corrected chi connectivity index (χ2v) is 5.00. The molecule has 0 unspecified atom stereocenters. The Balaban J connectivity index is 1.94. The Labute approximate surface area is 87.3 Å². The van der Waals surface area contributed by atoms with Gasteiger partial charge >= 0.3 is 0 Å². The van der Waals surface area contributed by atoms with E-state index in [2.05, 4.69) is 30.5 Å². The zero-order chi connectivity index (χ0) is 9.86. The monoisotopic (exact) mass is 191 g/mol. The lowest BCUT2D eigenvalue weighted by Crippen LogP contribution is -2.34. The Kier molecular flexibility index (Phi) is 3.07. The molecule has 1 heterocycles. The summed E-state index contributed by atoms with van der Waals surface area (Å²) in [6.07, 6.45) is 13.5. The zero-order valence-electron chi connectivity index (χ0n) is 9.18. The topological polar surface area (TPSA) is 12.0 Å². The first-order valence-corrected chi connectivity index (χ1v) is 5.85. The second-order valence-electron chi connectivity index (χ2n) is 5.00. The molecule has 78 valence electrons. The molecule has 0 aromatic carbocycles. The minimum atomic E-state index is 0.554. The Bertz CT molecular complexity index is 244. The average Bonchev–Trinajstić information content (AvgIpc) is 2.19. The average molecular weight is 191 g/mol. The first-order valence-electron chi connectivity index (χ1n) is 5.85. The number of allylic oxidation sites excluding steroid dienone is 4. The van der Waals surface area contributed by atoms with Crippen molar-refractivity contribution in [2.45, 2.75) is 39.0 Å². The fraction of sp³-hybridized carbons (Fsp3) is 0.692. The van der Waals surface area contributed by atoms with Crippen LogP contribution in [0.25, 0.3) is 0 Å². The van der Waals surface area contributed by atoms with Crippen LogP contribution in [0.15, 0.2) is 23.8 Å². The Morgan fingerprint density at radius 2 is 2.07 bits per heavy atom. The van der Waals surface area contributed by atoms with Gasteiger partial charge in [-0.25, -0.2) is 0 Å². The van der Waals surface area contributed by atoms with Gasteiger partial charge in [0.15, 0.2) is 0 Å². The summed E-state index contributed by atoms with van der Waals surface area (Å²) in [4.78, 5) is 0. The molecule has 0 amide bonds. The number of piperidine rings is 1. The van der Waals surface area contributed by atoms with E-state index in [4.69, 9.17) is 0 Å². The van der Waals surface area contributed by atoms with Crippen LogP contribution in [-0.2, 0) is 0 Å². The van der Waals surface area contributed by atoms with Gasteiger partial charge in [-0.1, -0.05) is 30.7 Å². The van der Waals surface area contributed by atoms with Gasteiger partial charge < -0.3 is 5.32 Å². The fourth-order valence-corrected chi connectivity index (χ4v) is 2.50. The van der Waals surface area contributed by atoms with Crippen LogP contribution in [0.4, 0.5) is 0 Å². The van der Waals surface area contributed by atoms with Gasteiger partial charge in [-0.15, -0.1) is 0 Å². The van der Waals surface area contributed by atoms with E-state index in [1.54, 1.807) is 5.57 Å². The van der Waals surface area contributed by atoms with Crippen LogP contribution in [0.3, 0.4) is 0 Å². The van der Waals surface area contributed by atoms with E-state index in [1.807, 2.05) is 0 Å². The minimum Gasteiger partial charge on any atom is -0.317 e. The van der Waals surface area contributed by atoms with Crippen molar-refractivity contribution in [1.82, 2.24) is 5.32 Å². The summed E-state index contributed by atoms with van der Waals surface area (Å²) < 4.78 is 0. The third-order valence-electron chi connectivity index (χ3n) is 3.51. The standard InChI is InChI=1S/C13H21N/c1-13(7-9-14-10-8-13)11-12-5-3-2-4-6-12/h3,5-6,14H,2,4,7-11H2,1H3. The first kappa shape index (κ1) is 9.97. The maximum absolute atomic E-state index is 3.44. The van der Waals surface area contributed by atoms with Crippen molar-refractivity contribution in [3.63, 3.8) is 0 Å². The molecule has 0 radical (unpaired) electrons. The lowest BCUT2D eigenvalue weighted by atomic mass is 9.75. The SMILES string of the molecule is CC1(CC2=CCCC=C2)CCNCC1. The van der Waals surface area contributed by atoms with Crippen LogP contribution >= 0.6 is 0 Å².